The van der Waals surface area contributed by atoms with Crippen LogP contribution in [0.4, 0.5) is 13.2 Å². The molecule has 0 aromatic heterocycles. The van der Waals surface area contributed by atoms with Crippen LogP contribution in [0.25, 0.3) is 0 Å². The van der Waals surface area contributed by atoms with Gasteiger partial charge in [-0.3, -0.25) is 4.79 Å². The summed E-state index contributed by atoms with van der Waals surface area (Å²) < 4.78 is 64.5. The third-order valence-corrected chi connectivity index (χ3v) is 5.51. The van der Waals surface area contributed by atoms with Crippen LogP contribution in [0.3, 0.4) is 0 Å². The Morgan fingerprint density at radius 3 is 2.50 bits per heavy atom. The van der Waals surface area contributed by atoms with E-state index in [2.05, 4.69) is 0 Å². The summed E-state index contributed by atoms with van der Waals surface area (Å²) in [6.07, 6.45) is -4.81. The topological polar surface area (TPSA) is 74.7 Å². The number of carboxylic acid groups (broad SMARTS) is 1. The van der Waals surface area contributed by atoms with Gasteiger partial charge in [0.2, 0.25) is 10.0 Å². The highest BCUT2D eigenvalue weighted by atomic mass is 35.5. The predicted octanol–water partition coefficient (Wildman–Crippen LogP) is 2.45. The summed E-state index contributed by atoms with van der Waals surface area (Å²) in [5.74, 6) is -2.11. The Labute approximate surface area is 129 Å². The van der Waals surface area contributed by atoms with E-state index >= 15 is 0 Å². The third-order valence-electron chi connectivity index (χ3n) is 3.37. The maximum atomic E-state index is 13.0. The van der Waals surface area contributed by atoms with Crippen molar-refractivity contribution in [2.45, 2.75) is 17.5 Å². The molecule has 22 heavy (non-hydrogen) atoms. The first-order valence-electron chi connectivity index (χ1n) is 6.13. The lowest BCUT2D eigenvalue weighted by molar-refractivity contribution is -0.141. The van der Waals surface area contributed by atoms with E-state index in [4.69, 9.17) is 16.7 Å². The molecule has 1 aromatic rings. The first-order chi connectivity index (χ1) is 10.0. The van der Waals surface area contributed by atoms with Gasteiger partial charge >= 0.3 is 12.1 Å². The van der Waals surface area contributed by atoms with Gasteiger partial charge in [0.15, 0.2) is 0 Å². The quantitative estimate of drug-likeness (QED) is 0.901. The minimum atomic E-state index is -4.86. The number of aliphatic carboxylic acids is 1. The standard InChI is InChI=1S/C12H11ClF3NO4S/c13-8-1-2-9(12(14,15)16)10(5-8)22(20,21)17-4-3-7(6-17)11(18)19/h1-2,5,7H,3-4,6H2,(H,18,19). The molecule has 1 heterocycles. The number of rotatable bonds is 3. The molecule has 0 aliphatic carbocycles. The summed E-state index contributed by atoms with van der Waals surface area (Å²) in [5.41, 5.74) is -1.32. The molecule has 1 saturated heterocycles. The van der Waals surface area contributed by atoms with Crippen molar-refractivity contribution in [3.63, 3.8) is 0 Å². The summed E-state index contributed by atoms with van der Waals surface area (Å²) in [6.45, 7) is -0.509. The maximum Gasteiger partial charge on any atom is 0.417 e. The summed E-state index contributed by atoms with van der Waals surface area (Å²) in [4.78, 5) is 9.91. The highest BCUT2D eigenvalue weighted by Gasteiger charge is 2.42. The van der Waals surface area contributed by atoms with Crippen LogP contribution in [0.1, 0.15) is 12.0 Å². The van der Waals surface area contributed by atoms with E-state index in [1.165, 1.54) is 0 Å². The lowest BCUT2D eigenvalue weighted by Crippen LogP contribution is -2.31. The molecule has 10 heteroatoms. The van der Waals surface area contributed by atoms with E-state index in [0.29, 0.717) is 6.07 Å². The molecule has 0 bridgehead atoms. The number of alkyl halides is 3. The van der Waals surface area contributed by atoms with Crippen molar-refractivity contribution in [3.8, 4) is 0 Å². The third kappa shape index (κ3) is 3.21. The molecule has 1 aliphatic heterocycles. The number of hydrogen-bond acceptors (Lipinski definition) is 3. The van der Waals surface area contributed by atoms with Gasteiger partial charge in [-0.2, -0.15) is 17.5 Å². The number of benzene rings is 1. The van der Waals surface area contributed by atoms with Crippen LogP contribution >= 0.6 is 11.6 Å². The van der Waals surface area contributed by atoms with E-state index in [1.54, 1.807) is 0 Å². The van der Waals surface area contributed by atoms with Gasteiger partial charge in [-0.1, -0.05) is 11.6 Å². The second-order valence-electron chi connectivity index (χ2n) is 4.83. The Morgan fingerprint density at radius 2 is 2.00 bits per heavy atom. The number of carboxylic acids is 1. The molecule has 122 valence electrons. The van der Waals surface area contributed by atoms with Gasteiger partial charge in [-0.15, -0.1) is 0 Å². The van der Waals surface area contributed by atoms with Crippen LogP contribution in [-0.2, 0) is 21.0 Å². The Bertz CT molecular complexity index is 705. The van der Waals surface area contributed by atoms with Crippen LogP contribution < -0.4 is 0 Å². The summed E-state index contributed by atoms with van der Waals surface area (Å²) in [6, 6.07) is 2.28. The molecule has 1 atom stereocenters. The fourth-order valence-electron chi connectivity index (χ4n) is 2.23. The molecule has 0 spiro atoms. The van der Waals surface area contributed by atoms with Crippen molar-refractivity contribution in [1.82, 2.24) is 4.31 Å². The smallest absolute Gasteiger partial charge is 0.417 e. The van der Waals surface area contributed by atoms with Crippen LogP contribution in [0.15, 0.2) is 23.1 Å². The first kappa shape index (κ1) is 17.0. The number of sulfonamides is 1. The van der Waals surface area contributed by atoms with Crippen LogP contribution in [0, 0.1) is 5.92 Å². The van der Waals surface area contributed by atoms with Crippen molar-refractivity contribution in [2.75, 3.05) is 13.1 Å². The molecule has 5 nitrogen and oxygen atoms in total. The molecule has 1 unspecified atom stereocenters. The van der Waals surface area contributed by atoms with Gasteiger partial charge < -0.3 is 5.11 Å². The number of hydrogen-bond donors (Lipinski definition) is 1. The van der Waals surface area contributed by atoms with Crippen molar-refractivity contribution in [2.24, 2.45) is 5.92 Å². The molecule has 0 saturated carbocycles. The molecule has 0 radical (unpaired) electrons. The van der Waals surface area contributed by atoms with Gasteiger partial charge in [0.25, 0.3) is 0 Å². The SMILES string of the molecule is O=C(O)C1CCN(S(=O)(=O)c2cc(Cl)ccc2C(F)(F)F)C1. The highest BCUT2D eigenvalue weighted by molar-refractivity contribution is 7.89. The normalized spacial score (nSPS) is 20.3. The van der Waals surface area contributed by atoms with Gasteiger partial charge in [0.05, 0.1) is 16.4 Å². The predicted molar refractivity (Wildman–Crippen MR) is 71.0 cm³/mol. The Hall–Kier alpha value is -1.32. The minimum absolute atomic E-state index is 0.0521. The molecule has 2 rings (SSSR count). The van der Waals surface area contributed by atoms with Gasteiger partial charge in [0, 0.05) is 18.1 Å². The van der Waals surface area contributed by atoms with Gasteiger partial charge in [-0.05, 0) is 24.6 Å². The summed E-state index contributed by atoms with van der Waals surface area (Å²) in [7, 11) is -4.48. The molecule has 1 fully saturated rings. The average Bonchev–Trinajstić information content (AvgIpc) is 2.87. The molecular weight excluding hydrogens is 347 g/mol. The Kier molecular flexibility index (Phi) is 4.42. The zero-order valence-electron chi connectivity index (χ0n) is 11.0. The van der Waals surface area contributed by atoms with E-state index in [0.717, 1.165) is 16.4 Å². The molecule has 0 amide bonds. The Balaban J connectivity index is 2.47. The van der Waals surface area contributed by atoms with Gasteiger partial charge in [-0.25, -0.2) is 8.42 Å². The van der Waals surface area contributed by atoms with E-state index in [9.17, 15) is 26.4 Å². The van der Waals surface area contributed by atoms with Gasteiger partial charge in [0.1, 0.15) is 0 Å². The second kappa shape index (κ2) is 5.71. The van der Waals surface area contributed by atoms with Crippen molar-refractivity contribution in [3.05, 3.63) is 28.8 Å². The largest absolute Gasteiger partial charge is 0.481 e. The van der Waals surface area contributed by atoms with Crippen molar-refractivity contribution >= 4 is 27.6 Å². The lowest BCUT2D eigenvalue weighted by atomic mass is 10.1. The van der Waals surface area contributed by atoms with Crippen LogP contribution in [-0.4, -0.2) is 36.9 Å². The van der Waals surface area contributed by atoms with Crippen molar-refractivity contribution in [1.29, 1.82) is 0 Å². The molecule has 1 aliphatic rings. The molecule has 1 N–H and O–H groups in total. The van der Waals surface area contributed by atoms with Crippen LogP contribution in [0.2, 0.25) is 5.02 Å². The fourth-order valence-corrected chi connectivity index (χ4v) is 4.21. The maximum absolute atomic E-state index is 13.0. The number of halogens is 4. The van der Waals surface area contributed by atoms with E-state index in [1.807, 2.05) is 0 Å². The minimum Gasteiger partial charge on any atom is -0.481 e. The molecular formula is C12H11ClF3NO4S. The zero-order valence-corrected chi connectivity index (χ0v) is 12.5. The number of nitrogens with zero attached hydrogens (tertiary/aromatic N) is 1. The van der Waals surface area contributed by atoms with E-state index < -0.39 is 38.5 Å². The average molecular weight is 358 g/mol. The monoisotopic (exact) mass is 357 g/mol. The lowest BCUT2D eigenvalue weighted by Gasteiger charge is -2.19. The summed E-state index contributed by atoms with van der Waals surface area (Å²) >= 11 is 5.61. The van der Waals surface area contributed by atoms with E-state index in [-0.39, 0.29) is 24.5 Å². The number of carbonyl (C=O) groups is 1. The second-order valence-corrected chi connectivity index (χ2v) is 7.17. The fraction of sp³-hybridized carbons (Fsp3) is 0.417. The zero-order chi connectivity index (χ0) is 16.7. The first-order valence-corrected chi connectivity index (χ1v) is 7.95. The van der Waals surface area contributed by atoms with Crippen molar-refractivity contribution < 1.29 is 31.5 Å². The summed E-state index contributed by atoms with van der Waals surface area (Å²) in [5, 5.41) is 8.72. The molecule has 1 aromatic carbocycles. The Morgan fingerprint density at radius 1 is 1.36 bits per heavy atom. The highest BCUT2D eigenvalue weighted by Crippen LogP contribution is 2.37. The van der Waals surface area contributed by atoms with Crippen LogP contribution in [0.5, 0.6) is 0 Å².